The van der Waals surface area contributed by atoms with Gasteiger partial charge < -0.3 is 10.2 Å². The van der Waals surface area contributed by atoms with E-state index in [4.69, 9.17) is 0 Å². The molecule has 1 N–H and O–H groups in total. The first-order chi connectivity index (χ1) is 15.9. The van der Waals surface area contributed by atoms with Crippen LogP contribution in [0.5, 0.6) is 0 Å². The summed E-state index contributed by atoms with van der Waals surface area (Å²) in [5, 5.41) is 2.80. The molecule has 1 saturated heterocycles. The lowest BCUT2D eigenvalue weighted by Gasteiger charge is -2.43. The third-order valence-electron chi connectivity index (χ3n) is 6.90. The number of Topliss-reactive ketones (excluding diaryl/α,β-unsaturated/α-hetero) is 1. The minimum absolute atomic E-state index is 0.0925. The van der Waals surface area contributed by atoms with Crippen molar-refractivity contribution in [1.29, 1.82) is 0 Å². The fraction of sp³-hybridized carbons (Fsp3) is 0.571. The molecule has 2 unspecified atom stereocenters. The summed E-state index contributed by atoms with van der Waals surface area (Å²) < 4.78 is 0. The highest BCUT2D eigenvalue weighted by Crippen LogP contribution is 2.29. The number of hydrogen-bond acceptors (Lipinski definition) is 4. The molecule has 1 aliphatic heterocycles. The van der Waals surface area contributed by atoms with Crippen molar-refractivity contribution < 1.29 is 9.59 Å². The van der Waals surface area contributed by atoms with Crippen LogP contribution in [0.2, 0.25) is 0 Å². The van der Waals surface area contributed by atoms with E-state index < -0.39 is 5.91 Å². The topological polar surface area (TPSA) is 52.7 Å². The van der Waals surface area contributed by atoms with Crippen LogP contribution >= 0.6 is 0 Å². The van der Waals surface area contributed by atoms with Gasteiger partial charge in [-0.15, -0.1) is 0 Å². The normalized spacial score (nSPS) is 18.3. The summed E-state index contributed by atoms with van der Waals surface area (Å²) in [5.74, 6) is -0.124. The van der Waals surface area contributed by atoms with Gasteiger partial charge in [0.05, 0.1) is 0 Å². The monoisotopic (exact) mass is 451 g/mol. The van der Waals surface area contributed by atoms with Gasteiger partial charge in [-0.3, -0.25) is 14.5 Å². The Balaban J connectivity index is 1.59. The molecule has 5 heteroatoms. The number of carbonyl (C=O) groups is 2. The van der Waals surface area contributed by atoms with Crippen LogP contribution in [0, 0.1) is 11.8 Å². The predicted octanol–water partition coefficient (Wildman–Crippen LogP) is 4.38. The van der Waals surface area contributed by atoms with Gasteiger partial charge in [0, 0.05) is 50.9 Å². The van der Waals surface area contributed by atoms with Crippen LogP contribution in [0.25, 0.3) is 0 Å². The lowest BCUT2D eigenvalue weighted by Crippen LogP contribution is -2.53. The Morgan fingerprint density at radius 3 is 2.30 bits per heavy atom. The number of nitrogens with one attached hydrogen (secondary N) is 1. The first-order valence-electron chi connectivity index (χ1n) is 12.6. The number of ketones is 1. The maximum Gasteiger partial charge on any atom is 0.287 e. The zero-order valence-corrected chi connectivity index (χ0v) is 20.8. The van der Waals surface area contributed by atoms with E-state index in [2.05, 4.69) is 85.3 Å². The van der Waals surface area contributed by atoms with Crippen molar-refractivity contribution in [3.8, 4) is 0 Å². The van der Waals surface area contributed by atoms with Crippen molar-refractivity contribution in [3.05, 3.63) is 53.6 Å². The smallest absolute Gasteiger partial charge is 0.287 e. The summed E-state index contributed by atoms with van der Waals surface area (Å²) >= 11 is 0. The highest BCUT2D eigenvalue weighted by atomic mass is 16.2. The van der Waals surface area contributed by atoms with Gasteiger partial charge in [-0.1, -0.05) is 58.1 Å². The molecule has 0 spiro atoms. The molecule has 2 atom stereocenters. The van der Waals surface area contributed by atoms with Crippen molar-refractivity contribution in [2.75, 3.05) is 37.6 Å². The first-order valence-corrected chi connectivity index (χ1v) is 12.6. The second kappa shape index (κ2) is 12.2. The van der Waals surface area contributed by atoms with E-state index in [0.29, 0.717) is 12.5 Å². The molecule has 5 nitrogen and oxygen atoms in total. The second-order valence-electron chi connectivity index (χ2n) is 9.90. The van der Waals surface area contributed by atoms with Crippen LogP contribution in [-0.4, -0.2) is 55.4 Å². The zero-order chi connectivity index (χ0) is 23.8. The van der Waals surface area contributed by atoms with Gasteiger partial charge in [-0.2, -0.15) is 0 Å². The van der Waals surface area contributed by atoms with Gasteiger partial charge in [-0.25, -0.2) is 0 Å². The molecule has 0 bridgehead atoms. The van der Waals surface area contributed by atoms with Gasteiger partial charge in [0.2, 0.25) is 5.78 Å². The fourth-order valence-electron chi connectivity index (χ4n) is 4.91. The first kappa shape index (κ1) is 25.2. The molecule has 3 rings (SSSR count). The van der Waals surface area contributed by atoms with Crippen LogP contribution in [-0.2, 0) is 16.0 Å². The Morgan fingerprint density at radius 1 is 1.03 bits per heavy atom. The summed E-state index contributed by atoms with van der Waals surface area (Å²) in [5.41, 5.74) is 4.01. The van der Waals surface area contributed by atoms with Crippen molar-refractivity contribution in [2.45, 2.75) is 59.4 Å². The largest absolute Gasteiger partial charge is 0.369 e. The zero-order valence-electron chi connectivity index (χ0n) is 20.8. The Kier molecular flexibility index (Phi) is 9.30. The van der Waals surface area contributed by atoms with E-state index >= 15 is 0 Å². The average molecular weight is 452 g/mol. The van der Waals surface area contributed by atoms with E-state index in [1.165, 1.54) is 16.8 Å². The number of rotatable bonds is 11. The molecule has 2 aliphatic rings. The summed E-state index contributed by atoms with van der Waals surface area (Å²) in [6.45, 7) is 13.0. The number of aryl methyl sites for hydroxylation is 1. The van der Waals surface area contributed by atoms with Crippen molar-refractivity contribution in [2.24, 2.45) is 11.8 Å². The molecule has 0 radical (unpaired) electrons. The summed E-state index contributed by atoms with van der Waals surface area (Å²) in [7, 11) is 0. The van der Waals surface area contributed by atoms with Crippen molar-refractivity contribution in [1.82, 2.24) is 10.2 Å². The summed E-state index contributed by atoms with van der Waals surface area (Å²) in [6, 6.07) is 9.10. The highest BCUT2D eigenvalue weighted by Gasteiger charge is 2.32. The average Bonchev–Trinajstić information content (AvgIpc) is 3.33. The number of allylic oxidation sites excluding steroid dienone is 3. The Hall–Kier alpha value is -2.40. The summed E-state index contributed by atoms with van der Waals surface area (Å²) in [4.78, 5) is 29.9. The number of hydrogen-bond donors (Lipinski definition) is 1. The van der Waals surface area contributed by atoms with Gasteiger partial charge in [-0.05, 0) is 54.4 Å². The third kappa shape index (κ3) is 7.04. The standard InChI is InChI=1S/C28H41N3O2/c1-5-23-10-12-25(13-11-23)30-16-18-31(19-17-30)27(24-8-6-7-9-24)22(4)20-26(32)28(33)29-15-14-21(2)3/h6-8,10-13,21-22,27H,5,9,14-20H2,1-4H3,(H,29,33). The highest BCUT2D eigenvalue weighted by molar-refractivity contribution is 6.36. The molecule has 1 aliphatic carbocycles. The molecule has 1 aromatic rings. The Morgan fingerprint density at radius 2 is 1.73 bits per heavy atom. The molecule has 0 saturated carbocycles. The molecule has 180 valence electrons. The van der Waals surface area contributed by atoms with Crippen molar-refractivity contribution in [3.63, 3.8) is 0 Å². The Bertz CT molecular complexity index is 848. The summed E-state index contributed by atoms with van der Waals surface area (Å²) in [6.07, 6.45) is 9.66. The number of piperazine rings is 1. The molecule has 1 fully saturated rings. The molecular weight excluding hydrogens is 410 g/mol. The minimum Gasteiger partial charge on any atom is -0.369 e. The van der Waals surface area contributed by atoms with Crippen LogP contribution in [0.4, 0.5) is 5.69 Å². The van der Waals surface area contributed by atoms with Gasteiger partial charge in [0.1, 0.15) is 0 Å². The van der Waals surface area contributed by atoms with Gasteiger partial charge in [0.15, 0.2) is 0 Å². The van der Waals surface area contributed by atoms with Crippen LogP contribution in [0.3, 0.4) is 0 Å². The van der Waals surface area contributed by atoms with Crippen molar-refractivity contribution >= 4 is 17.4 Å². The quantitative estimate of drug-likeness (QED) is 0.507. The van der Waals surface area contributed by atoms with E-state index in [9.17, 15) is 9.59 Å². The van der Waals surface area contributed by atoms with E-state index in [1.807, 2.05) is 0 Å². The Labute approximate surface area is 199 Å². The van der Waals surface area contributed by atoms with E-state index in [0.717, 1.165) is 45.4 Å². The maximum atomic E-state index is 12.6. The van der Waals surface area contributed by atoms with Crippen LogP contribution in [0.15, 0.2) is 48.1 Å². The lowest BCUT2D eigenvalue weighted by atomic mass is 9.87. The van der Waals surface area contributed by atoms with Gasteiger partial charge in [0.25, 0.3) is 5.91 Å². The minimum atomic E-state index is -0.430. The molecule has 0 aromatic heterocycles. The lowest BCUT2D eigenvalue weighted by molar-refractivity contribution is -0.138. The van der Waals surface area contributed by atoms with Crippen LogP contribution < -0.4 is 10.2 Å². The van der Waals surface area contributed by atoms with Crippen LogP contribution in [0.1, 0.15) is 52.5 Å². The second-order valence-corrected chi connectivity index (χ2v) is 9.90. The molecule has 1 heterocycles. The maximum absolute atomic E-state index is 12.6. The molecule has 1 aromatic carbocycles. The number of carbonyl (C=O) groups excluding carboxylic acids is 2. The predicted molar refractivity (Wildman–Crippen MR) is 136 cm³/mol. The third-order valence-corrected chi connectivity index (χ3v) is 6.90. The van der Waals surface area contributed by atoms with E-state index in [-0.39, 0.29) is 24.2 Å². The SMILES string of the molecule is CCc1ccc(N2CCN(C(C3=CC=CC3)C(C)CC(=O)C(=O)NCCC(C)C)CC2)cc1. The number of anilines is 1. The fourth-order valence-corrected chi connectivity index (χ4v) is 4.91. The molecular formula is C28H41N3O2. The number of benzene rings is 1. The number of amides is 1. The molecule has 33 heavy (non-hydrogen) atoms. The van der Waals surface area contributed by atoms with E-state index in [1.54, 1.807) is 0 Å². The molecule has 1 amide bonds. The number of nitrogens with zero attached hydrogens (tertiary/aromatic N) is 2. The van der Waals surface area contributed by atoms with Gasteiger partial charge >= 0.3 is 0 Å².